The van der Waals surface area contributed by atoms with Crippen LogP contribution in [0.15, 0.2) is 24.3 Å². The van der Waals surface area contributed by atoms with Gasteiger partial charge in [0.1, 0.15) is 0 Å². The Labute approximate surface area is 104 Å². The molecule has 18 heavy (non-hydrogen) atoms. The van der Waals surface area contributed by atoms with Crippen LogP contribution in [0.3, 0.4) is 0 Å². The van der Waals surface area contributed by atoms with Crippen LogP contribution >= 0.6 is 0 Å². The van der Waals surface area contributed by atoms with Gasteiger partial charge in [-0.25, -0.2) is 8.78 Å². The minimum Gasteiger partial charge on any atom is -0.395 e. The summed E-state index contributed by atoms with van der Waals surface area (Å²) in [6.07, 6.45) is -2.62. The number of nitrogens with zero attached hydrogens (tertiary/aromatic N) is 1. The van der Waals surface area contributed by atoms with Crippen molar-refractivity contribution in [1.82, 2.24) is 4.90 Å². The summed E-state index contributed by atoms with van der Waals surface area (Å²) in [7, 11) is 1.65. The topological polar surface area (TPSA) is 52.6 Å². The molecule has 0 aromatic heterocycles. The number of halogens is 2. The van der Waals surface area contributed by atoms with E-state index in [2.05, 4.69) is 5.32 Å². The van der Waals surface area contributed by atoms with Crippen molar-refractivity contribution in [3.63, 3.8) is 0 Å². The third-order valence-electron chi connectivity index (χ3n) is 2.44. The maximum absolute atomic E-state index is 12.4. The average molecular weight is 258 g/mol. The molecule has 0 aliphatic carbocycles. The van der Waals surface area contributed by atoms with E-state index < -0.39 is 18.9 Å². The SMILES string of the molecule is CNc1ccccc1C(=O)N(CCO)CC(F)F. The van der Waals surface area contributed by atoms with Crippen LogP contribution in [0.5, 0.6) is 0 Å². The lowest BCUT2D eigenvalue weighted by atomic mass is 10.1. The summed E-state index contributed by atoms with van der Waals surface area (Å²) >= 11 is 0. The third kappa shape index (κ3) is 3.66. The first kappa shape index (κ1) is 14.4. The molecule has 100 valence electrons. The molecule has 0 aliphatic heterocycles. The molecule has 0 saturated heterocycles. The molecule has 1 rings (SSSR count). The number of nitrogens with one attached hydrogen (secondary N) is 1. The quantitative estimate of drug-likeness (QED) is 0.811. The van der Waals surface area contributed by atoms with Gasteiger partial charge in [-0.1, -0.05) is 12.1 Å². The van der Waals surface area contributed by atoms with E-state index in [1.807, 2.05) is 0 Å². The summed E-state index contributed by atoms with van der Waals surface area (Å²) < 4.78 is 24.8. The van der Waals surface area contributed by atoms with Gasteiger partial charge in [0, 0.05) is 19.3 Å². The van der Waals surface area contributed by atoms with Crippen molar-refractivity contribution < 1.29 is 18.7 Å². The van der Waals surface area contributed by atoms with Crippen molar-refractivity contribution in [1.29, 1.82) is 0 Å². The Kier molecular flexibility index (Phi) is 5.51. The van der Waals surface area contributed by atoms with Crippen LogP contribution < -0.4 is 5.32 Å². The number of benzene rings is 1. The Bertz CT molecular complexity index is 399. The first-order valence-electron chi connectivity index (χ1n) is 5.55. The lowest BCUT2D eigenvalue weighted by molar-refractivity contribution is 0.0510. The number of anilines is 1. The molecule has 0 spiro atoms. The van der Waals surface area contributed by atoms with Crippen LogP contribution in [0, 0.1) is 0 Å². The van der Waals surface area contributed by atoms with Gasteiger partial charge in [0.15, 0.2) is 0 Å². The number of alkyl halides is 2. The fraction of sp³-hybridized carbons (Fsp3) is 0.417. The van der Waals surface area contributed by atoms with Crippen LogP contribution in [0.2, 0.25) is 0 Å². The summed E-state index contributed by atoms with van der Waals surface area (Å²) in [6, 6.07) is 6.65. The zero-order valence-corrected chi connectivity index (χ0v) is 10.1. The number of carbonyl (C=O) groups is 1. The third-order valence-corrected chi connectivity index (χ3v) is 2.44. The number of carbonyl (C=O) groups excluding carboxylic acids is 1. The van der Waals surface area contributed by atoms with E-state index in [1.165, 1.54) is 0 Å². The Morgan fingerprint density at radius 1 is 1.44 bits per heavy atom. The largest absolute Gasteiger partial charge is 0.395 e. The van der Waals surface area contributed by atoms with Gasteiger partial charge in [0.2, 0.25) is 0 Å². The van der Waals surface area contributed by atoms with E-state index in [-0.39, 0.29) is 13.2 Å². The molecule has 0 unspecified atom stereocenters. The molecule has 0 fully saturated rings. The second-order valence-electron chi connectivity index (χ2n) is 3.66. The van der Waals surface area contributed by atoms with Gasteiger partial charge >= 0.3 is 0 Å². The molecule has 0 radical (unpaired) electrons. The van der Waals surface area contributed by atoms with Crippen molar-refractivity contribution >= 4 is 11.6 Å². The van der Waals surface area contributed by atoms with Gasteiger partial charge < -0.3 is 15.3 Å². The molecule has 0 atom stereocenters. The number of aliphatic hydroxyl groups excluding tert-OH is 1. The fourth-order valence-corrected chi connectivity index (χ4v) is 1.62. The van der Waals surface area contributed by atoms with E-state index in [0.29, 0.717) is 11.3 Å². The molecule has 1 aromatic rings. The minimum absolute atomic E-state index is 0.110. The van der Waals surface area contributed by atoms with Crippen LogP contribution in [0.4, 0.5) is 14.5 Å². The lowest BCUT2D eigenvalue weighted by Crippen LogP contribution is -2.37. The van der Waals surface area contributed by atoms with Crippen molar-refractivity contribution in [3.8, 4) is 0 Å². The highest BCUT2D eigenvalue weighted by atomic mass is 19.3. The predicted octanol–water partition coefficient (Wildman–Crippen LogP) is 1.43. The van der Waals surface area contributed by atoms with Crippen molar-refractivity contribution in [2.24, 2.45) is 0 Å². The molecule has 2 N–H and O–H groups in total. The molecular weight excluding hydrogens is 242 g/mol. The first-order chi connectivity index (χ1) is 8.60. The molecule has 6 heteroatoms. The zero-order chi connectivity index (χ0) is 13.5. The van der Waals surface area contributed by atoms with Crippen molar-refractivity contribution in [3.05, 3.63) is 29.8 Å². The maximum atomic E-state index is 12.4. The highest BCUT2D eigenvalue weighted by molar-refractivity contribution is 5.99. The Morgan fingerprint density at radius 2 is 2.11 bits per heavy atom. The van der Waals surface area contributed by atoms with E-state index in [9.17, 15) is 13.6 Å². The van der Waals surface area contributed by atoms with Gasteiger partial charge in [-0.3, -0.25) is 4.79 Å². The van der Waals surface area contributed by atoms with Crippen LogP contribution in [-0.4, -0.2) is 49.1 Å². The van der Waals surface area contributed by atoms with E-state index in [1.54, 1.807) is 31.3 Å². The monoisotopic (exact) mass is 258 g/mol. The fourth-order valence-electron chi connectivity index (χ4n) is 1.62. The van der Waals surface area contributed by atoms with E-state index in [0.717, 1.165) is 4.90 Å². The number of hydrogen-bond donors (Lipinski definition) is 2. The van der Waals surface area contributed by atoms with Crippen molar-refractivity contribution in [2.45, 2.75) is 6.43 Å². The number of para-hydroxylation sites is 1. The molecule has 1 aromatic carbocycles. The molecule has 0 heterocycles. The van der Waals surface area contributed by atoms with Gasteiger partial charge in [0.25, 0.3) is 12.3 Å². The molecule has 1 amide bonds. The Hall–Kier alpha value is -1.69. The van der Waals surface area contributed by atoms with Crippen LogP contribution in [0.25, 0.3) is 0 Å². The zero-order valence-electron chi connectivity index (χ0n) is 10.1. The number of amides is 1. The molecule has 0 saturated carbocycles. The smallest absolute Gasteiger partial charge is 0.256 e. The standard InChI is InChI=1S/C12H16F2N2O2/c1-15-10-5-3-2-4-9(10)12(18)16(6-7-17)8-11(13)14/h2-5,11,15,17H,6-8H2,1H3. The normalized spacial score (nSPS) is 10.5. The Morgan fingerprint density at radius 3 is 2.67 bits per heavy atom. The van der Waals surface area contributed by atoms with Crippen molar-refractivity contribution in [2.75, 3.05) is 32.1 Å². The summed E-state index contributed by atoms with van der Waals surface area (Å²) in [5.74, 6) is -0.519. The number of aliphatic hydroxyl groups is 1. The van der Waals surface area contributed by atoms with Crippen LogP contribution in [-0.2, 0) is 0 Å². The average Bonchev–Trinajstić information content (AvgIpc) is 2.37. The second-order valence-corrected chi connectivity index (χ2v) is 3.66. The van der Waals surface area contributed by atoms with E-state index >= 15 is 0 Å². The van der Waals surface area contributed by atoms with Gasteiger partial charge in [-0.15, -0.1) is 0 Å². The summed E-state index contributed by atoms with van der Waals surface area (Å²) in [5, 5.41) is 11.6. The number of rotatable bonds is 6. The van der Waals surface area contributed by atoms with Gasteiger partial charge in [-0.05, 0) is 12.1 Å². The lowest BCUT2D eigenvalue weighted by Gasteiger charge is -2.22. The van der Waals surface area contributed by atoms with Gasteiger partial charge in [0.05, 0.1) is 18.7 Å². The molecule has 0 aliphatic rings. The summed E-state index contributed by atoms with van der Waals surface area (Å²) in [5.41, 5.74) is 0.883. The predicted molar refractivity (Wildman–Crippen MR) is 65.0 cm³/mol. The summed E-state index contributed by atoms with van der Waals surface area (Å²) in [6.45, 7) is -1.14. The number of hydrogen-bond acceptors (Lipinski definition) is 3. The second kappa shape index (κ2) is 6.90. The molecular formula is C12H16F2N2O2. The highest BCUT2D eigenvalue weighted by Gasteiger charge is 2.21. The minimum atomic E-state index is -2.62. The highest BCUT2D eigenvalue weighted by Crippen LogP contribution is 2.17. The summed E-state index contributed by atoms with van der Waals surface area (Å²) in [4.78, 5) is 13.0. The van der Waals surface area contributed by atoms with Gasteiger partial charge in [-0.2, -0.15) is 0 Å². The van der Waals surface area contributed by atoms with E-state index in [4.69, 9.17) is 5.11 Å². The van der Waals surface area contributed by atoms with Crippen LogP contribution in [0.1, 0.15) is 10.4 Å². The Balaban J connectivity index is 2.94. The maximum Gasteiger partial charge on any atom is 0.256 e. The first-order valence-corrected chi connectivity index (χ1v) is 5.55. The molecule has 0 bridgehead atoms. The molecule has 4 nitrogen and oxygen atoms in total.